The van der Waals surface area contributed by atoms with Crippen molar-refractivity contribution in [2.24, 2.45) is 5.10 Å². The topological polar surface area (TPSA) is 32.7 Å². The van der Waals surface area contributed by atoms with Crippen molar-refractivity contribution in [3.8, 4) is 0 Å². The number of amides is 1. The van der Waals surface area contributed by atoms with E-state index >= 15 is 0 Å². The fourth-order valence-corrected chi connectivity index (χ4v) is 2.57. The van der Waals surface area contributed by atoms with Crippen LogP contribution in [0.1, 0.15) is 29.5 Å². The minimum Gasteiger partial charge on any atom is -0.273 e. The number of hydrogen-bond acceptors (Lipinski definition) is 2. The molecule has 3 rings (SSSR count). The second-order valence-corrected chi connectivity index (χ2v) is 5.71. The summed E-state index contributed by atoms with van der Waals surface area (Å²) in [4.78, 5) is 12.1. The Morgan fingerprint density at radius 1 is 1.00 bits per heavy atom. The molecule has 0 saturated carbocycles. The first kappa shape index (κ1) is 15.2. The van der Waals surface area contributed by atoms with Gasteiger partial charge in [-0.15, -0.1) is 0 Å². The maximum absolute atomic E-state index is 12.1. The largest absolute Gasteiger partial charge is 0.273 e. The summed E-state index contributed by atoms with van der Waals surface area (Å²) in [6.07, 6.45) is 5.27. The number of hydrazone groups is 1. The van der Waals surface area contributed by atoms with Crippen molar-refractivity contribution >= 4 is 17.7 Å². The fraction of sp³-hybridized carbons (Fsp3) is 0.200. The van der Waals surface area contributed by atoms with Crippen molar-refractivity contribution in [2.75, 3.05) is 0 Å². The van der Waals surface area contributed by atoms with Crippen molar-refractivity contribution in [1.29, 1.82) is 0 Å². The van der Waals surface area contributed by atoms with Crippen LogP contribution in [0.5, 0.6) is 0 Å². The molecule has 0 aliphatic carbocycles. The molecular formula is C20H20N2O. The maximum atomic E-state index is 12.1. The third kappa shape index (κ3) is 3.95. The number of benzene rings is 2. The summed E-state index contributed by atoms with van der Waals surface area (Å²) < 4.78 is 0. The van der Waals surface area contributed by atoms with Gasteiger partial charge in [0.25, 0.3) is 0 Å². The third-order valence-electron chi connectivity index (χ3n) is 3.98. The van der Waals surface area contributed by atoms with Crippen LogP contribution in [0.25, 0.3) is 6.08 Å². The maximum Gasteiger partial charge on any atom is 0.243 e. The van der Waals surface area contributed by atoms with E-state index in [-0.39, 0.29) is 5.91 Å². The van der Waals surface area contributed by atoms with Gasteiger partial charge in [0.05, 0.1) is 12.3 Å². The Hall–Kier alpha value is -2.68. The Morgan fingerprint density at radius 2 is 1.74 bits per heavy atom. The molecular weight excluding hydrogens is 284 g/mol. The lowest BCUT2D eigenvalue weighted by Gasteiger charge is -2.23. The van der Waals surface area contributed by atoms with Crippen LogP contribution in [-0.4, -0.2) is 16.6 Å². The number of rotatable bonds is 4. The molecule has 0 unspecified atom stereocenters. The van der Waals surface area contributed by atoms with Crippen LogP contribution in [0, 0.1) is 6.92 Å². The Balaban J connectivity index is 1.76. The standard InChI is InChI=1S/C20H20N2O/c1-16-7-5-6-10-18(16)15-22-20(23)14-13-19(21-22)12-11-17-8-3-2-4-9-17/h2-12H,13-15H2,1H3/b12-11+. The van der Waals surface area contributed by atoms with Gasteiger partial charge in [0, 0.05) is 12.8 Å². The molecule has 3 nitrogen and oxygen atoms in total. The van der Waals surface area contributed by atoms with E-state index in [2.05, 4.69) is 30.2 Å². The second kappa shape index (κ2) is 7.05. The molecule has 23 heavy (non-hydrogen) atoms. The zero-order chi connectivity index (χ0) is 16.1. The summed E-state index contributed by atoms with van der Waals surface area (Å²) in [6.45, 7) is 2.60. The van der Waals surface area contributed by atoms with Crippen molar-refractivity contribution in [3.63, 3.8) is 0 Å². The lowest BCUT2D eigenvalue weighted by atomic mass is 10.1. The number of nitrogens with zero attached hydrogens (tertiary/aromatic N) is 2. The van der Waals surface area contributed by atoms with E-state index in [0.29, 0.717) is 19.4 Å². The zero-order valence-electron chi connectivity index (χ0n) is 13.3. The molecule has 1 heterocycles. The molecule has 2 aromatic carbocycles. The average molecular weight is 304 g/mol. The molecule has 0 N–H and O–H groups in total. The molecule has 0 saturated heterocycles. The first-order valence-electron chi connectivity index (χ1n) is 7.88. The van der Waals surface area contributed by atoms with Crippen molar-refractivity contribution in [3.05, 3.63) is 77.4 Å². The monoisotopic (exact) mass is 304 g/mol. The van der Waals surface area contributed by atoms with Crippen LogP contribution < -0.4 is 0 Å². The van der Waals surface area contributed by atoms with Gasteiger partial charge in [0.15, 0.2) is 0 Å². The van der Waals surface area contributed by atoms with E-state index in [1.54, 1.807) is 5.01 Å². The number of aryl methyl sites for hydroxylation is 1. The first-order valence-corrected chi connectivity index (χ1v) is 7.88. The molecule has 2 aromatic rings. The summed E-state index contributed by atoms with van der Waals surface area (Å²) in [5.41, 5.74) is 4.40. The average Bonchev–Trinajstić information content (AvgIpc) is 2.58. The highest BCUT2D eigenvalue weighted by molar-refractivity contribution is 6.02. The van der Waals surface area contributed by atoms with Crippen molar-refractivity contribution in [2.45, 2.75) is 26.3 Å². The Bertz CT molecular complexity index is 747. The predicted octanol–water partition coefficient (Wildman–Crippen LogP) is 4.19. The quantitative estimate of drug-likeness (QED) is 0.833. The van der Waals surface area contributed by atoms with Crippen LogP contribution in [0.3, 0.4) is 0 Å². The molecule has 1 aliphatic heterocycles. The fourth-order valence-electron chi connectivity index (χ4n) is 2.57. The summed E-state index contributed by atoms with van der Waals surface area (Å²) in [5, 5.41) is 6.12. The molecule has 3 heteroatoms. The highest BCUT2D eigenvalue weighted by Crippen LogP contribution is 2.17. The van der Waals surface area contributed by atoms with E-state index in [4.69, 9.17) is 0 Å². The van der Waals surface area contributed by atoms with E-state index in [9.17, 15) is 4.79 Å². The smallest absolute Gasteiger partial charge is 0.243 e. The highest BCUT2D eigenvalue weighted by atomic mass is 16.2. The van der Waals surface area contributed by atoms with Gasteiger partial charge in [0.1, 0.15) is 0 Å². The normalized spacial score (nSPS) is 15.1. The number of carbonyl (C=O) groups excluding carboxylic acids is 1. The van der Waals surface area contributed by atoms with Gasteiger partial charge in [-0.3, -0.25) is 4.79 Å². The third-order valence-corrected chi connectivity index (χ3v) is 3.98. The molecule has 0 fully saturated rings. The lowest BCUT2D eigenvalue weighted by Crippen LogP contribution is -2.30. The van der Waals surface area contributed by atoms with Gasteiger partial charge in [-0.1, -0.05) is 60.7 Å². The number of carbonyl (C=O) groups is 1. The van der Waals surface area contributed by atoms with Gasteiger partial charge < -0.3 is 0 Å². The molecule has 0 bridgehead atoms. The molecule has 1 amide bonds. The van der Waals surface area contributed by atoms with Gasteiger partial charge in [0.2, 0.25) is 5.91 Å². The summed E-state index contributed by atoms with van der Waals surface area (Å²) in [6, 6.07) is 18.2. The van der Waals surface area contributed by atoms with E-state index < -0.39 is 0 Å². The van der Waals surface area contributed by atoms with Gasteiger partial charge in [-0.2, -0.15) is 5.10 Å². The Labute approximate surface area is 136 Å². The summed E-state index contributed by atoms with van der Waals surface area (Å²) in [5.74, 6) is 0.0881. The van der Waals surface area contributed by atoms with Crippen LogP contribution in [0.4, 0.5) is 0 Å². The first-order chi connectivity index (χ1) is 11.2. The lowest BCUT2D eigenvalue weighted by molar-refractivity contribution is -0.132. The SMILES string of the molecule is Cc1ccccc1CN1N=C(/C=C/c2ccccc2)CCC1=O. The molecule has 0 spiro atoms. The molecule has 116 valence electrons. The minimum atomic E-state index is 0.0881. The van der Waals surface area contributed by atoms with Gasteiger partial charge >= 0.3 is 0 Å². The zero-order valence-corrected chi connectivity index (χ0v) is 13.3. The summed E-state index contributed by atoms with van der Waals surface area (Å²) in [7, 11) is 0. The summed E-state index contributed by atoms with van der Waals surface area (Å²) >= 11 is 0. The highest BCUT2D eigenvalue weighted by Gasteiger charge is 2.19. The van der Waals surface area contributed by atoms with Gasteiger partial charge in [-0.05, 0) is 29.7 Å². The molecule has 0 radical (unpaired) electrons. The predicted molar refractivity (Wildman–Crippen MR) is 93.9 cm³/mol. The molecule has 0 aromatic heterocycles. The molecule has 0 atom stereocenters. The van der Waals surface area contributed by atoms with Crippen LogP contribution >= 0.6 is 0 Å². The van der Waals surface area contributed by atoms with Crippen molar-refractivity contribution in [1.82, 2.24) is 5.01 Å². The Morgan fingerprint density at radius 3 is 2.52 bits per heavy atom. The van der Waals surface area contributed by atoms with Crippen LogP contribution in [-0.2, 0) is 11.3 Å². The van der Waals surface area contributed by atoms with E-state index in [1.807, 2.05) is 48.6 Å². The van der Waals surface area contributed by atoms with E-state index in [0.717, 1.165) is 16.8 Å². The van der Waals surface area contributed by atoms with Crippen molar-refractivity contribution < 1.29 is 4.79 Å². The van der Waals surface area contributed by atoms with Crippen LogP contribution in [0.15, 0.2) is 65.8 Å². The Kier molecular flexibility index (Phi) is 4.67. The molecule has 1 aliphatic rings. The second-order valence-electron chi connectivity index (χ2n) is 5.71. The minimum absolute atomic E-state index is 0.0881. The van der Waals surface area contributed by atoms with E-state index in [1.165, 1.54) is 5.56 Å². The number of hydrogen-bond donors (Lipinski definition) is 0. The van der Waals surface area contributed by atoms with Crippen LogP contribution in [0.2, 0.25) is 0 Å². The number of allylic oxidation sites excluding steroid dienone is 1. The van der Waals surface area contributed by atoms with Gasteiger partial charge in [-0.25, -0.2) is 5.01 Å².